The van der Waals surface area contributed by atoms with Crippen LogP contribution >= 0.6 is 0 Å². The third kappa shape index (κ3) is 3.54. The quantitative estimate of drug-likeness (QED) is 0.759. The SMILES string of the molecule is BCc1cccc(C(COc2ccc(OC)cc2)=C2CC2)c1. The van der Waals surface area contributed by atoms with Gasteiger partial charge < -0.3 is 9.47 Å². The second-order valence-electron chi connectivity index (χ2n) is 5.60. The van der Waals surface area contributed by atoms with Gasteiger partial charge in [0.15, 0.2) is 0 Å². The summed E-state index contributed by atoms with van der Waals surface area (Å²) in [5.74, 6) is 1.73. The lowest BCUT2D eigenvalue weighted by Crippen LogP contribution is -2.02. The van der Waals surface area contributed by atoms with Crippen molar-refractivity contribution in [3.05, 3.63) is 65.2 Å². The molecule has 0 bridgehead atoms. The standard InChI is InChI=1S/C19H21BO2/c1-21-17-7-9-18(10-8-17)22-13-19(15-5-6-15)16-4-2-3-14(11-16)12-20/h2-4,7-11H,5-6,12-13,20H2,1H3. The molecule has 0 spiro atoms. The van der Waals surface area contributed by atoms with Gasteiger partial charge in [0, 0.05) is 0 Å². The molecule has 3 heteroatoms. The molecule has 0 radical (unpaired) electrons. The van der Waals surface area contributed by atoms with Crippen LogP contribution in [0.25, 0.3) is 5.57 Å². The van der Waals surface area contributed by atoms with Crippen LogP contribution in [0.15, 0.2) is 54.1 Å². The van der Waals surface area contributed by atoms with E-state index in [9.17, 15) is 0 Å². The number of hydrogen-bond acceptors (Lipinski definition) is 2. The normalized spacial score (nSPS) is 12.9. The third-order valence-corrected chi connectivity index (χ3v) is 4.05. The van der Waals surface area contributed by atoms with Gasteiger partial charge in [0.1, 0.15) is 26.0 Å². The molecule has 1 fully saturated rings. The predicted molar refractivity (Wildman–Crippen MR) is 93.3 cm³/mol. The largest absolute Gasteiger partial charge is 0.497 e. The van der Waals surface area contributed by atoms with Gasteiger partial charge >= 0.3 is 0 Å². The Hall–Kier alpha value is -2.16. The zero-order chi connectivity index (χ0) is 15.4. The molecule has 2 aromatic carbocycles. The first-order valence-corrected chi connectivity index (χ1v) is 7.87. The fraction of sp³-hybridized carbons (Fsp3) is 0.263. The maximum absolute atomic E-state index is 5.98. The monoisotopic (exact) mass is 292 g/mol. The number of methoxy groups -OCH3 is 1. The summed E-state index contributed by atoms with van der Waals surface area (Å²) in [4.78, 5) is 0. The minimum Gasteiger partial charge on any atom is -0.497 e. The highest BCUT2D eigenvalue weighted by Crippen LogP contribution is 2.37. The van der Waals surface area contributed by atoms with E-state index in [1.807, 2.05) is 24.3 Å². The molecule has 2 aromatic rings. The lowest BCUT2D eigenvalue weighted by Gasteiger charge is -2.12. The van der Waals surface area contributed by atoms with Crippen molar-refractivity contribution in [2.45, 2.75) is 19.2 Å². The van der Waals surface area contributed by atoms with Gasteiger partial charge in [-0.3, -0.25) is 0 Å². The van der Waals surface area contributed by atoms with Crippen LogP contribution in [0, 0.1) is 0 Å². The van der Waals surface area contributed by atoms with Crippen LogP contribution in [0.4, 0.5) is 0 Å². The van der Waals surface area contributed by atoms with Gasteiger partial charge in [-0.2, -0.15) is 0 Å². The van der Waals surface area contributed by atoms with E-state index in [4.69, 9.17) is 9.47 Å². The molecular formula is C19H21BO2. The van der Waals surface area contributed by atoms with Crippen LogP contribution in [0.5, 0.6) is 11.5 Å². The Morgan fingerprint density at radius 2 is 1.77 bits per heavy atom. The van der Waals surface area contributed by atoms with Crippen LogP contribution < -0.4 is 9.47 Å². The van der Waals surface area contributed by atoms with E-state index in [1.54, 1.807) is 7.11 Å². The molecule has 1 aliphatic carbocycles. The van der Waals surface area contributed by atoms with Crippen molar-refractivity contribution in [2.24, 2.45) is 0 Å². The van der Waals surface area contributed by atoms with Gasteiger partial charge in [-0.05, 0) is 48.2 Å². The molecule has 0 unspecified atom stereocenters. The predicted octanol–water partition coefficient (Wildman–Crippen LogP) is 3.45. The lowest BCUT2D eigenvalue weighted by molar-refractivity contribution is 0.367. The molecule has 22 heavy (non-hydrogen) atoms. The molecular weight excluding hydrogens is 271 g/mol. The molecule has 112 valence electrons. The Labute approximate surface area is 133 Å². The van der Waals surface area contributed by atoms with Gasteiger partial charge in [0.25, 0.3) is 0 Å². The maximum atomic E-state index is 5.98. The summed E-state index contributed by atoms with van der Waals surface area (Å²) in [6.45, 7) is 0.634. The summed E-state index contributed by atoms with van der Waals surface area (Å²) in [5, 5.41) is 0. The number of benzene rings is 2. The van der Waals surface area contributed by atoms with Crippen molar-refractivity contribution < 1.29 is 9.47 Å². The smallest absolute Gasteiger partial charge is 0.120 e. The van der Waals surface area contributed by atoms with E-state index in [1.165, 1.54) is 35.1 Å². The van der Waals surface area contributed by atoms with E-state index in [-0.39, 0.29) is 0 Å². The summed E-state index contributed by atoms with van der Waals surface area (Å²) in [6, 6.07) is 16.6. The molecule has 0 amide bonds. The Kier molecular flexibility index (Phi) is 4.52. The number of ether oxygens (including phenoxy) is 2. The van der Waals surface area contributed by atoms with Crippen LogP contribution in [-0.4, -0.2) is 21.6 Å². The van der Waals surface area contributed by atoms with E-state index in [0.717, 1.165) is 17.8 Å². The molecule has 1 saturated carbocycles. The van der Waals surface area contributed by atoms with Crippen molar-refractivity contribution in [3.8, 4) is 11.5 Å². The second-order valence-corrected chi connectivity index (χ2v) is 5.60. The topological polar surface area (TPSA) is 18.5 Å². The van der Waals surface area contributed by atoms with Crippen molar-refractivity contribution in [2.75, 3.05) is 13.7 Å². The highest BCUT2D eigenvalue weighted by Gasteiger charge is 2.19. The van der Waals surface area contributed by atoms with Crippen LogP contribution in [0.2, 0.25) is 0 Å². The molecule has 0 heterocycles. The molecule has 0 aromatic heterocycles. The van der Waals surface area contributed by atoms with Gasteiger partial charge in [-0.15, -0.1) is 0 Å². The summed E-state index contributed by atoms with van der Waals surface area (Å²) in [5.41, 5.74) is 5.56. The van der Waals surface area contributed by atoms with Crippen molar-refractivity contribution >= 4 is 13.4 Å². The average Bonchev–Trinajstić information content (AvgIpc) is 3.41. The summed E-state index contributed by atoms with van der Waals surface area (Å²) in [6.07, 6.45) is 3.48. The number of rotatable bonds is 6. The first-order chi connectivity index (χ1) is 10.8. The Morgan fingerprint density at radius 3 is 2.41 bits per heavy atom. The van der Waals surface area contributed by atoms with E-state index < -0.39 is 0 Å². The zero-order valence-corrected chi connectivity index (χ0v) is 13.3. The molecule has 1 aliphatic rings. The fourth-order valence-corrected chi connectivity index (χ4v) is 2.56. The first-order valence-electron chi connectivity index (χ1n) is 7.87. The minimum absolute atomic E-state index is 0.634. The Balaban J connectivity index is 1.74. The summed E-state index contributed by atoms with van der Waals surface area (Å²) >= 11 is 0. The maximum Gasteiger partial charge on any atom is 0.120 e. The van der Waals surface area contributed by atoms with E-state index >= 15 is 0 Å². The fourth-order valence-electron chi connectivity index (χ4n) is 2.56. The molecule has 0 aliphatic heterocycles. The van der Waals surface area contributed by atoms with Crippen molar-refractivity contribution in [1.29, 1.82) is 0 Å². The van der Waals surface area contributed by atoms with Crippen LogP contribution in [0.3, 0.4) is 0 Å². The molecule has 0 N–H and O–H groups in total. The molecule has 2 nitrogen and oxygen atoms in total. The Bertz CT molecular complexity index is 668. The van der Waals surface area contributed by atoms with E-state index in [0.29, 0.717) is 6.61 Å². The number of allylic oxidation sites excluding steroid dienone is 1. The lowest BCUT2D eigenvalue weighted by atomic mass is 9.94. The summed E-state index contributed by atoms with van der Waals surface area (Å²) in [7, 11) is 3.86. The van der Waals surface area contributed by atoms with Gasteiger partial charge in [0.05, 0.1) is 7.11 Å². The van der Waals surface area contributed by atoms with Gasteiger partial charge in [-0.25, -0.2) is 0 Å². The van der Waals surface area contributed by atoms with Crippen molar-refractivity contribution in [3.63, 3.8) is 0 Å². The molecule has 0 atom stereocenters. The van der Waals surface area contributed by atoms with Crippen molar-refractivity contribution in [1.82, 2.24) is 0 Å². The van der Waals surface area contributed by atoms with E-state index in [2.05, 4.69) is 32.1 Å². The average molecular weight is 292 g/mol. The Morgan fingerprint density at radius 1 is 1.05 bits per heavy atom. The summed E-state index contributed by atoms with van der Waals surface area (Å²) < 4.78 is 11.2. The van der Waals surface area contributed by atoms with Crippen LogP contribution in [0.1, 0.15) is 24.0 Å². The first kappa shape index (κ1) is 14.8. The highest BCUT2D eigenvalue weighted by atomic mass is 16.5. The highest BCUT2D eigenvalue weighted by molar-refractivity contribution is 6.08. The second kappa shape index (κ2) is 6.74. The molecule has 3 rings (SSSR count). The number of hydrogen-bond donors (Lipinski definition) is 0. The minimum atomic E-state index is 0.634. The van der Waals surface area contributed by atoms with Crippen LogP contribution in [-0.2, 0) is 6.32 Å². The third-order valence-electron chi connectivity index (χ3n) is 4.05. The molecule has 0 saturated heterocycles. The zero-order valence-electron chi connectivity index (χ0n) is 13.3. The van der Waals surface area contributed by atoms with Gasteiger partial charge in [-0.1, -0.05) is 41.7 Å². The van der Waals surface area contributed by atoms with Gasteiger partial charge in [0.2, 0.25) is 0 Å².